The molecule has 1 fully saturated rings. The van der Waals surface area contributed by atoms with Gasteiger partial charge in [-0.1, -0.05) is 20.3 Å². The van der Waals surface area contributed by atoms with Crippen molar-refractivity contribution >= 4 is 0 Å². The van der Waals surface area contributed by atoms with Gasteiger partial charge in [0.05, 0.1) is 0 Å². The second-order valence-electron chi connectivity index (χ2n) is 4.57. The van der Waals surface area contributed by atoms with Crippen LogP contribution in [0.3, 0.4) is 0 Å². The van der Waals surface area contributed by atoms with Gasteiger partial charge in [-0.3, -0.25) is 0 Å². The van der Waals surface area contributed by atoms with Crippen molar-refractivity contribution in [1.82, 2.24) is 4.90 Å². The van der Waals surface area contributed by atoms with E-state index in [1.165, 1.54) is 19.3 Å². The highest BCUT2D eigenvalue weighted by atomic mass is 15.2. The molecule has 0 aromatic rings. The second-order valence-corrected chi connectivity index (χ2v) is 4.57. The van der Waals surface area contributed by atoms with Gasteiger partial charge in [-0.05, 0) is 32.7 Å². The van der Waals surface area contributed by atoms with Crippen LogP contribution in [-0.2, 0) is 0 Å². The third kappa shape index (κ3) is 2.68. The summed E-state index contributed by atoms with van der Waals surface area (Å²) in [7, 11) is 2.22. The van der Waals surface area contributed by atoms with Gasteiger partial charge in [-0.15, -0.1) is 0 Å². The first kappa shape index (κ1) is 11.0. The van der Waals surface area contributed by atoms with Gasteiger partial charge < -0.3 is 10.6 Å². The number of nitrogens with two attached hydrogens (primary N) is 1. The maximum absolute atomic E-state index is 6.27. The summed E-state index contributed by atoms with van der Waals surface area (Å²) < 4.78 is 0. The molecular weight excluding hydrogens is 160 g/mol. The van der Waals surface area contributed by atoms with E-state index >= 15 is 0 Å². The van der Waals surface area contributed by atoms with E-state index in [1.54, 1.807) is 0 Å². The van der Waals surface area contributed by atoms with Crippen LogP contribution in [0.1, 0.15) is 46.0 Å². The molecule has 78 valence electrons. The van der Waals surface area contributed by atoms with Gasteiger partial charge in [-0.25, -0.2) is 0 Å². The molecule has 0 aromatic heterocycles. The molecule has 2 nitrogen and oxygen atoms in total. The van der Waals surface area contributed by atoms with E-state index in [0.717, 1.165) is 25.4 Å². The van der Waals surface area contributed by atoms with Gasteiger partial charge in [0.25, 0.3) is 0 Å². The molecule has 0 heterocycles. The van der Waals surface area contributed by atoms with Crippen LogP contribution in [-0.4, -0.2) is 30.1 Å². The van der Waals surface area contributed by atoms with E-state index < -0.39 is 0 Å². The molecule has 1 aliphatic rings. The maximum Gasteiger partial charge on any atom is 0.0278 e. The fourth-order valence-electron chi connectivity index (χ4n) is 1.93. The molecule has 0 amide bonds. The van der Waals surface area contributed by atoms with Crippen LogP contribution in [0.25, 0.3) is 0 Å². The molecule has 1 rings (SSSR count). The summed E-state index contributed by atoms with van der Waals surface area (Å²) in [4.78, 5) is 2.45. The van der Waals surface area contributed by atoms with E-state index in [2.05, 4.69) is 25.8 Å². The summed E-state index contributed by atoms with van der Waals surface area (Å²) in [6, 6.07) is 0.820. The zero-order valence-corrected chi connectivity index (χ0v) is 9.34. The third-order valence-electron chi connectivity index (χ3n) is 3.67. The highest BCUT2D eigenvalue weighted by Gasteiger charge is 2.28. The fourth-order valence-corrected chi connectivity index (χ4v) is 1.93. The lowest BCUT2D eigenvalue weighted by Crippen LogP contribution is -2.52. The summed E-state index contributed by atoms with van der Waals surface area (Å²) in [5.74, 6) is 0. The molecule has 1 aliphatic carbocycles. The van der Waals surface area contributed by atoms with Gasteiger partial charge in [0.15, 0.2) is 0 Å². The summed E-state index contributed by atoms with van der Waals surface area (Å²) in [5, 5.41) is 0. The maximum atomic E-state index is 6.27. The molecule has 0 aliphatic heterocycles. The molecule has 0 aromatic carbocycles. The molecular formula is C11H24N2. The van der Waals surface area contributed by atoms with E-state index in [-0.39, 0.29) is 5.54 Å². The first-order valence-corrected chi connectivity index (χ1v) is 5.60. The normalized spacial score (nSPS) is 19.2. The fraction of sp³-hybridized carbons (Fsp3) is 1.00. The predicted octanol–water partition coefficient (Wildman–Crippen LogP) is 1.99. The standard InChI is InChI=1S/C11H24N2/c1-4-11(12,5-2)9-13(3)10-7-6-8-10/h10H,4-9,12H2,1-3H3. The minimum Gasteiger partial charge on any atom is -0.324 e. The molecule has 0 atom stereocenters. The van der Waals surface area contributed by atoms with Crippen molar-refractivity contribution in [1.29, 1.82) is 0 Å². The van der Waals surface area contributed by atoms with Crippen molar-refractivity contribution in [3.05, 3.63) is 0 Å². The molecule has 1 saturated carbocycles. The van der Waals surface area contributed by atoms with Crippen molar-refractivity contribution in [3.63, 3.8) is 0 Å². The second kappa shape index (κ2) is 4.43. The lowest BCUT2D eigenvalue weighted by atomic mass is 9.88. The topological polar surface area (TPSA) is 29.3 Å². The van der Waals surface area contributed by atoms with E-state index in [9.17, 15) is 0 Å². The SMILES string of the molecule is CCC(N)(CC)CN(C)C1CCC1. The van der Waals surface area contributed by atoms with Crippen LogP contribution in [0.4, 0.5) is 0 Å². The van der Waals surface area contributed by atoms with Crippen molar-refractivity contribution in [2.24, 2.45) is 5.73 Å². The lowest BCUT2D eigenvalue weighted by molar-refractivity contribution is 0.123. The number of hydrogen-bond donors (Lipinski definition) is 1. The van der Waals surface area contributed by atoms with Crippen molar-refractivity contribution in [2.75, 3.05) is 13.6 Å². The first-order chi connectivity index (χ1) is 6.11. The zero-order chi connectivity index (χ0) is 9.90. The van der Waals surface area contributed by atoms with Gasteiger partial charge in [0, 0.05) is 18.1 Å². The largest absolute Gasteiger partial charge is 0.324 e. The Labute approximate surface area is 82.5 Å². The quantitative estimate of drug-likeness (QED) is 0.708. The molecule has 0 unspecified atom stereocenters. The average molecular weight is 184 g/mol. The van der Waals surface area contributed by atoms with Gasteiger partial charge in [0.2, 0.25) is 0 Å². The molecule has 2 N–H and O–H groups in total. The number of hydrogen-bond acceptors (Lipinski definition) is 2. The molecule has 2 heteroatoms. The Hall–Kier alpha value is -0.0800. The van der Waals surface area contributed by atoms with Crippen LogP contribution in [0.15, 0.2) is 0 Å². The van der Waals surface area contributed by atoms with Crippen LogP contribution < -0.4 is 5.73 Å². The number of rotatable bonds is 5. The first-order valence-electron chi connectivity index (χ1n) is 5.60. The van der Waals surface area contributed by atoms with Crippen LogP contribution in [0.5, 0.6) is 0 Å². The summed E-state index contributed by atoms with van der Waals surface area (Å²) in [5.41, 5.74) is 6.32. The van der Waals surface area contributed by atoms with Crippen LogP contribution in [0, 0.1) is 0 Å². The van der Waals surface area contributed by atoms with E-state index in [4.69, 9.17) is 5.73 Å². The smallest absolute Gasteiger partial charge is 0.0278 e. The van der Waals surface area contributed by atoms with E-state index in [0.29, 0.717) is 0 Å². The summed E-state index contributed by atoms with van der Waals surface area (Å²) in [6.45, 7) is 5.45. The van der Waals surface area contributed by atoms with Crippen LogP contribution >= 0.6 is 0 Å². The summed E-state index contributed by atoms with van der Waals surface area (Å²) in [6.07, 6.45) is 6.33. The molecule has 0 spiro atoms. The van der Waals surface area contributed by atoms with Crippen LogP contribution in [0.2, 0.25) is 0 Å². The third-order valence-corrected chi connectivity index (χ3v) is 3.67. The molecule has 13 heavy (non-hydrogen) atoms. The molecule has 0 saturated heterocycles. The highest BCUT2D eigenvalue weighted by Crippen LogP contribution is 2.25. The Morgan fingerprint density at radius 2 is 1.85 bits per heavy atom. The van der Waals surface area contributed by atoms with Crippen molar-refractivity contribution in [2.45, 2.75) is 57.5 Å². The average Bonchev–Trinajstić information content (AvgIpc) is 2.01. The van der Waals surface area contributed by atoms with Crippen molar-refractivity contribution in [3.8, 4) is 0 Å². The summed E-state index contributed by atoms with van der Waals surface area (Å²) >= 11 is 0. The van der Waals surface area contributed by atoms with Gasteiger partial charge in [-0.2, -0.15) is 0 Å². The predicted molar refractivity (Wildman–Crippen MR) is 57.8 cm³/mol. The van der Waals surface area contributed by atoms with Crippen molar-refractivity contribution < 1.29 is 0 Å². The Balaban J connectivity index is 2.35. The monoisotopic (exact) mass is 184 g/mol. The highest BCUT2D eigenvalue weighted by molar-refractivity contribution is 4.88. The Morgan fingerprint density at radius 1 is 1.31 bits per heavy atom. The minimum absolute atomic E-state index is 0.0460. The Morgan fingerprint density at radius 3 is 2.15 bits per heavy atom. The number of likely N-dealkylation sites (N-methyl/N-ethyl adjacent to an activating group) is 1. The molecule has 0 bridgehead atoms. The Kier molecular flexibility index (Phi) is 3.74. The van der Waals surface area contributed by atoms with Gasteiger partial charge in [0.1, 0.15) is 0 Å². The lowest BCUT2D eigenvalue weighted by Gasteiger charge is -2.40. The zero-order valence-electron chi connectivity index (χ0n) is 9.34. The van der Waals surface area contributed by atoms with Gasteiger partial charge >= 0.3 is 0 Å². The minimum atomic E-state index is 0.0460. The number of nitrogens with zero attached hydrogens (tertiary/aromatic N) is 1. The molecule has 0 radical (unpaired) electrons. The Bertz CT molecular complexity index is 148. The van der Waals surface area contributed by atoms with E-state index in [1.807, 2.05) is 0 Å².